The van der Waals surface area contributed by atoms with Crippen molar-refractivity contribution in [3.63, 3.8) is 0 Å². The van der Waals surface area contributed by atoms with E-state index >= 15 is 0 Å². The first-order valence-corrected chi connectivity index (χ1v) is 11.2. The lowest BCUT2D eigenvalue weighted by Gasteiger charge is -2.12. The fraction of sp³-hybridized carbons (Fsp3) is 0.158. The Balaban J connectivity index is 1.80. The Labute approximate surface area is 194 Å². The van der Waals surface area contributed by atoms with E-state index in [0.717, 1.165) is 20.1 Å². The summed E-state index contributed by atoms with van der Waals surface area (Å²) in [5.74, 6) is 0.587. The molecule has 0 radical (unpaired) electrons. The Kier molecular flexibility index (Phi) is 7.15. The fourth-order valence-corrected chi connectivity index (χ4v) is 5.19. The molecule has 0 saturated carbocycles. The predicted molar refractivity (Wildman–Crippen MR) is 124 cm³/mol. The highest BCUT2D eigenvalue weighted by Crippen LogP contribution is 2.38. The smallest absolute Gasteiger partial charge is 0.266 e. The predicted octanol–water partition coefficient (Wildman–Crippen LogP) is 6.63. The molecule has 146 valence electrons. The zero-order valence-corrected chi connectivity index (χ0v) is 20.3. The van der Waals surface area contributed by atoms with E-state index in [2.05, 4.69) is 36.9 Å². The van der Waals surface area contributed by atoms with Crippen molar-refractivity contribution in [1.29, 1.82) is 0 Å². The Bertz CT molecular complexity index is 988. The quantitative estimate of drug-likeness (QED) is 0.391. The molecular weight excluding hydrogens is 551 g/mol. The number of ether oxygens (including phenoxy) is 1. The minimum absolute atomic E-state index is 0.0715. The van der Waals surface area contributed by atoms with Gasteiger partial charge in [-0.05, 0) is 85.1 Å². The average molecular weight is 565 g/mol. The maximum atomic E-state index is 12.3. The van der Waals surface area contributed by atoms with Gasteiger partial charge in [0, 0.05) is 14.1 Å². The minimum Gasteiger partial charge on any atom is -0.487 e. The van der Waals surface area contributed by atoms with E-state index in [4.69, 9.17) is 27.9 Å². The van der Waals surface area contributed by atoms with Gasteiger partial charge < -0.3 is 4.74 Å². The summed E-state index contributed by atoms with van der Waals surface area (Å²) in [7, 11) is 3.38. The number of rotatable bonds is 4. The van der Waals surface area contributed by atoms with E-state index in [-0.39, 0.29) is 5.91 Å². The van der Waals surface area contributed by atoms with Crippen LogP contribution in [0.3, 0.4) is 0 Å². The first-order valence-electron chi connectivity index (χ1n) is 8.00. The second-order valence-electron chi connectivity index (χ2n) is 5.83. The first kappa shape index (κ1) is 21.7. The van der Waals surface area contributed by atoms with Crippen LogP contribution >= 0.6 is 66.8 Å². The summed E-state index contributed by atoms with van der Waals surface area (Å²) in [6, 6.07) is 9.18. The summed E-state index contributed by atoms with van der Waals surface area (Å²) in [6.07, 6.45) is 1.83. The topological polar surface area (TPSA) is 41.9 Å². The van der Waals surface area contributed by atoms with Gasteiger partial charge in [0.25, 0.3) is 5.91 Å². The third kappa shape index (κ3) is 4.76. The molecule has 0 spiro atoms. The van der Waals surface area contributed by atoms with E-state index in [9.17, 15) is 4.79 Å². The van der Waals surface area contributed by atoms with Crippen molar-refractivity contribution < 1.29 is 9.53 Å². The summed E-state index contributed by atoms with van der Waals surface area (Å²) in [5, 5.41) is 1.67. The molecule has 0 aromatic heterocycles. The molecule has 0 atom stereocenters. The lowest BCUT2D eigenvalue weighted by molar-refractivity contribution is -0.121. The normalized spacial score (nSPS) is 17.1. The van der Waals surface area contributed by atoms with Crippen LogP contribution in [0.25, 0.3) is 6.08 Å². The van der Waals surface area contributed by atoms with Crippen LogP contribution in [0.4, 0.5) is 0 Å². The molecule has 0 bridgehead atoms. The van der Waals surface area contributed by atoms with Crippen LogP contribution in [0.5, 0.6) is 5.75 Å². The summed E-state index contributed by atoms with van der Waals surface area (Å²) in [4.78, 5) is 18.6. The van der Waals surface area contributed by atoms with Gasteiger partial charge in [-0.25, -0.2) is 0 Å². The van der Waals surface area contributed by atoms with Crippen LogP contribution < -0.4 is 4.74 Å². The Morgan fingerprint density at radius 3 is 2.43 bits per heavy atom. The number of amides is 1. The molecule has 3 rings (SSSR count). The number of amidine groups is 1. The van der Waals surface area contributed by atoms with Crippen molar-refractivity contribution in [3.8, 4) is 5.75 Å². The average Bonchev–Trinajstić information content (AvgIpc) is 2.91. The maximum Gasteiger partial charge on any atom is 0.266 e. The molecule has 0 unspecified atom stereocenters. The van der Waals surface area contributed by atoms with E-state index < -0.39 is 0 Å². The number of hydrogen-bond donors (Lipinski definition) is 0. The Morgan fingerprint density at radius 1 is 1.18 bits per heavy atom. The lowest BCUT2D eigenvalue weighted by atomic mass is 10.2. The standard InChI is InChI=1S/C19H14Br2Cl2N2O2S/c1-24-19-25(2)18(26)16(28-19)8-11-5-12(20)17(13(21)6-11)27-9-10-3-4-14(22)15(23)7-10/h3-8H,9H2,1-2H3/b16-8+,24-19?. The van der Waals surface area contributed by atoms with E-state index in [0.29, 0.717) is 32.5 Å². The number of halogens is 4. The molecule has 1 fully saturated rings. The van der Waals surface area contributed by atoms with Gasteiger partial charge in [-0.15, -0.1) is 0 Å². The van der Waals surface area contributed by atoms with E-state index in [1.165, 1.54) is 16.7 Å². The number of thioether (sulfide) groups is 1. The summed E-state index contributed by atoms with van der Waals surface area (Å²) >= 11 is 20.4. The molecule has 1 saturated heterocycles. The van der Waals surface area contributed by atoms with Gasteiger partial charge in [-0.2, -0.15) is 0 Å². The zero-order valence-electron chi connectivity index (χ0n) is 14.8. The number of carbonyl (C=O) groups excluding carboxylic acids is 1. The Morgan fingerprint density at radius 2 is 1.86 bits per heavy atom. The fourth-order valence-electron chi connectivity index (χ4n) is 2.49. The van der Waals surface area contributed by atoms with Gasteiger partial charge in [-0.1, -0.05) is 29.3 Å². The SMILES string of the molecule is CN=C1S/C(=C/c2cc(Br)c(OCc3ccc(Cl)c(Cl)c3)c(Br)c2)C(=O)N1C. The molecular formula is C19H14Br2Cl2N2O2S. The molecule has 2 aromatic carbocycles. The molecule has 4 nitrogen and oxygen atoms in total. The van der Waals surface area contributed by atoms with Crippen LogP contribution in [0.1, 0.15) is 11.1 Å². The number of likely N-dealkylation sites (N-methyl/N-ethyl adjacent to an activating group) is 1. The van der Waals surface area contributed by atoms with Crippen molar-refractivity contribution >= 4 is 84.0 Å². The van der Waals surface area contributed by atoms with Gasteiger partial charge in [0.2, 0.25) is 0 Å². The molecule has 2 aromatic rings. The molecule has 0 aliphatic carbocycles. The van der Waals surface area contributed by atoms with Gasteiger partial charge in [-0.3, -0.25) is 14.7 Å². The lowest BCUT2D eigenvalue weighted by Crippen LogP contribution is -2.23. The number of carbonyl (C=O) groups is 1. The number of aliphatic imine (C=N–C) groups is 1. The molecule has 28 heavy (non-hydrogen) atoms. The molecule has 1 amide bonds. The highest BCUT2D eigenvalue weighted by molar-refractivity contribution is 9.11. The van der Waals surface area contributed by atoms with Crippen LogP contribution in [0.2, 0.25) is 10.0 Å². The molecule has 1 aliphatic rings. The minimum atomic E-state index is -0.0715. The van der Waals surface area contributed by atoms with Gasteiger partial charge in [0.05, 0.1) is 23.9 Å². The summed E-state index contributed by atoms with van der Waals surface area (Å²) in [6.45, 7) is 0.337. The van der Waals surface area contributed by atoms with Crippen molar-refractivity contribution in [2.75, 3.05) is 14.1 Å². The highest BCUT2D eigenvalue weighted by Gasteiger charge is 2.29. The summed E-state index contributed by atoms with van der Waals surface area (Å²) in [5.41, 5.74) is 1.77. The molecule has 0 N–H and O–H groups in total. The zero-order chi connectivity index (χ0) is 20.4. The van der Waals surface area contributed by atoms with Gasteiger partial charge in [0.15, 0.2) is 5.17 Å². The molecule has 9 heteroatoms. The van der Waals surface area contributed by atoms with Crippen LogP contribution in [0.15, 0.2) is 49.2 Å². The van der Waals surface area contributed by atoms with Crippen LogP contribution in [-0.2, 0) is 11.4 Å². The third-order valence-electron chi connectivity index (χ3n) is 3.88. The van der Waals surface area contributed by atoms with Crippen LogP contribution in [-0.4, -0.2) is 30.1 Å². The van der Waals surface area contributed by atoms with Crippen molar-refractivity contribution in [3.05, 3.63) is 65.4 Å². The number of hydrogen-bond acceptors (Lipinski definition) is 4. The second kappa shape index (κ2) is 9.22. The van der Waals surface area contributed by atoms with Crippen molar-refractivity contribution in [2.24, 2.45) is 4.99 Å². The van der Waals surface area contributed by atoms with Crippen LogP contribution in [0, 0.1) is 0 Å². The molecule has 1 aliphatic heterocycles. The largest absolute Gasteiger partial charge is 0.487 e. The van der Waals surface area contributed by atoms with Gasteiger partial charge >= 0.3 is 0 Å². The molecule has 1 heterocycles. The Hall–Kier alpha value is -0.990. The number of benzene rings is 2. The number of nitrogens with zero attached hydrogens (tertiary/aromatic N) is 2. The first-order chi connectivity index (χ1) is 13.3. The van der Waals surface area contributed by atoms with Crippen molar-refractivity contribution in [2.45, 2.75) is 6.61 Å². The van der Waals surface area contributed by atoms with Crippen molar-refractivity contribution in [1.82, 2.24) is 4.90 Å². The second-order valence-corrected chi connectivity index (χ2v) is 9.36. The van der Waals surface area contributed by atoms with E-state index in [1.807, 2.05) is 24.3 Å². The monoisotopic (exact) mass is 562 g/mol. The third-order valence-corrected chi connectivity index (χ3v) is 6.95. The highest BCUT2D eigenvalue weighted by atomic mass is 79.9. The van der Waals surface area contributed by atoms with E-state index in [1.54, 1.807) is 26.2 Å². The maximum absolute atomic E-state index is 12.3. The summed E-state index contributed by atoms with van der Waals surface area (Å²) < 4.78 is 7.46. The van der Waals surface area contributed by atoms with Gasteiger partial charge in [0.1, 0.15) is 12.4 Å².